The van der Waals surface area contributed by atoms with Crippen LogP contribution in [-0.4, -0.2) is 19.5 Å². The number of hydrogen-bond acceptors (Lipinski definition) is 4. The van der Waals surface area contributed by atoms with Crippen LogP contribution in [0.15, 0.2) is 150 Å². The third kappa shape index (κ3) is 3.66. The van der Waals surface area contributed by atoms with Gasteiger partial charge in [0, 0.05) is 32.7 Å². The molecule has 0 saturated heterocycles. The van der Waals surface area contributed by atoms with Gasteiger partial charge in [-0.15, -0.1) is 0 Å². The molecular formula is C41H24N4O. The van der Waals surface area contributed by atoms with Crippen molar-refractivity contribution >= 4 is 65.3 Å². The predicted octanol–water partition coefficient (Wildman–Crippen LogP) is 10.5. The average molecular weight is 595 g/mol. The first-order valence-electron chi connectivity index (χ1n) is 17.9. The second-order valence-corrected chi connectivity index (χ2v) is 11.2. The Morgan fingerprint density at radius 2 is 1.15 bits per heavy atom. The Labute approximate surface area is 271 Å². The zero-order valence-electron chi connectivity index (χ0n) is 30.1. The molecule has 0 atom stereocenters. The van der Waals surface area contributed by atoms with Crippen LogP contribution in [-0.2, 0) is 0 Å². The Morgan fingerprint density at radius 3 is 1.96 bits per heavy atom. The minimum Gasteiger partial charge on any atom is -0.456 e. The van der Waals surface area contributed by atoms with Crippen LogP contribution in [0.5, 0.6) is 0 Å². The summed E-state index contributed by atoms with van der Waals surface area (Å²) in [5.74, 6) is 0.711. The molecule has 5 heteroatoms. The Morgan fingerprint density at radius 1 is 0.500 bits per heavy atom. The van der Waals surface area contributed by atoms with E-state index in [0.29, 0.717) is 22.8 Å². The van der Waals surface area contributed by atoms with Gasteiger partial charge in [-0.1, -0.05) is 109 Å². The number of furan rings is 1. The lowest BCUT2D eigenvalue weighted by Gasteiger charge is -2.13. The molecule has 46 heavy (non-hydrogen) atoms. The molecule has 0 fully saturated rings. The summed E-state index contributed by atoms with van der Waals surface area (Å²) in [6.07, 6.45) is 0. The Bertz CT molecular complexity index is 3100. The zero-order valence-corrected chi connectivity index (χ0v) is 24.1. The molecular weight excluding hydrogens is 564 g/mol. The van der Waals surface area contributed by atoms with E-state index in [2.05, 4.69) is 12.1 Å². The maximum absolute atomic E-state index is 9.02. The van der Waals surface area contributed by atoms with Gasteiger partial charge < -0.3 is 4.42 Å². The monoisotopic (exact) mass is 594 g/mol. The maximum Gasteiger partial charge on any atom is 0.238 e. The first-order chi connectivity index (χ1) is 25.3. The van der Waals surface area contributed by atoms with Gasteiger partial charge in [-0.2, -0.15) is 9.97 Å². The van der Waals surface area contributed by atoms with E-state index in [0.717, 1.165) is 43.5 Å². The maximum atomic E-state index is 9.02. The largest absolute Gasteiger partial charge is 0.456 e. The van der Waals surface area contributed by atoms with Crippen LogP contribution >= 0.6 is 0 Å². The van der Waals surface area contributed by atoms with Gasteiger partial charge in [0.25, 0.3) is 0 Å². The Balaban J connectivity index is 1.35. The SMILES string of the molecule is [2H]c1cc([2H])c2c(c1[2H])c1c([2H])c([2H])cc([2H])c1n2-c1nc(-c2ccc3c(c2)oc2ccccc23)nc(-c2cc3ccccc3c3ccccc23)n1. The third-order valence-corrected chi connectivity index (χ3v) is 8.60. The van der Waals surface area contributed by atoms with Gasteiger partial charge in [0.05, 0.1) is 19.3 Å². The fourth-order valence-corrected chi connectivity index (χ4v) is 6.53. The Kier molecular flexibility index (Phi) is 4.13. The fraction of sp³-hybridized carbons (Fsp3) is 0. The van der Waals surface area contributed by atoms with Crippen molar-refractivity contribution < 1.29 is 12.6 Å². The van der Waals surface area contributed by atoms with Crippen molar-refractivity contribution in [2.24, 2.45) is 0 Å². The van der Waals surface area contributed by atoms with Gasteiger partial charge >= 0.3 is 0 Å². The second kappa shape index (κ2) is 9.58. The molecule has 0 spiro atoms. The molecule has 3 heterocycles. The number of nitrogens with zero attached hydrogens (tertiary/aromatic N) is 4. The minimum absolute atomic E-state index is 0.0678. The highest BCUT2D eigenvalue weighted by molar-refractivity contribution is 6.13. The summed E-state index contributed by atoms with van der Waals surface area (Å²) in [5, 5.41) is 6.19. The molecule has 0 aliphatic carbocycles. The lowest BCUT2D eigenvalue weighted by Crippen LogP contribution is -2.06. The van der Waals surface area contributed by atoms with Crippen molar-refractivity contribution in [1.82, 2.24) is 19.5 Å². The molecule has 0 bridgehead atoms. The number of para-hydroxylation sites is 3. The van der Waals surface area contributed by atoms with E-state index in [1.165, 1.54) is 16.7 Å². The first kappa shape index (κ1) is 19.8. The Hall–Kier alpha value is -6.33. The molecule has 10 rings (SSSR count). The van der Waals surface area contributed by atoms with Crippen molar-refractivity contribution in [2.45, 2.75) is 0 Å². The summed E-state index contributed by atoms with van der Waals surface area (Å²) >= 11 is 0. The summed E-state index contributed by atoms with van der Waals surface area (Å²) in [7, 11) is 0. The fourth-order valence-electron chi connectivity index (χ4n) is 6.53. The smallest absolute Gasteiger partial charge is 0.238 e. The predicted molar refractivity (Wildman–Crippen MR) is 187 cm³/mol. The van der Waals surface area contributed by atoms with Crippen molar-refractivity contribution in [3.05, 3.63) is 145 Å². The van der Waals surface area contributed by atoms with Gasteiger partial charge in [0.2, 0.25) is 5.95 Å². The molecule has 0 amide bonds. The molecule has 0 N–H and O–H groups in total. The van der Waals surface area contributed by atoms with Gasteiger partial charge in [-0.3, -0.25) is 4.57 Å². The van der Waals surface area contributed by atoms with Crippen LogP contribution in [0.4, 0.5) is 0 Å². The number of aromatic nitrogens is 4. The highest BCUT2D eigenvalue weighted by Crippen LogP contribution is 2.37. The molecule has 0 unspecified atom stereocenters. The van der Waals surface area contributed by atoms with Gasteiger partial charge in [-0.05, 0) is 57.9 Å². The molecule has 0 aliphatic heterocycles. The minimum atomic E-state index is -0.210. The van der Waals surface area contributed by atoms with E-state index >= 15 is 0 Å². The summed E-state index contributed by atoms with van der Waals surface area (Å²) in [6, 6.07) is 33.3. The standard InChI is InChI=1S/C41H24N4O/c1-2-12-27-25(11-1)23-34(29-14-4-3-13-28(27)29)40-42-39(26-21-22-33-32-17-7-10-20-37(32)46-38(33)24-26)43-41(44-40)45-35-18-8-5-15-30(35)31-16-6-9-19-36(31)45/h1-24H/i5D,6D,15D,16D,18D,19D. The van der Waals surface area contributed by atoms with Crippen LogP contribution in [0, 0.1) is 0 Å². The summed E-state index contributed by atoms with van der Waals surface area (Å²) < 4.78 is 60.4. The number of rotatable bonds is 3. The number of hydrogen-bond donors (Lipinski definition) is 0. The molecule has 214 valence electrons. The average Bonchev–Trinajstić information content (AvgIpc) is 3.73. The quantitative estimate of drug-likeness (QED) is 0.191. The van der Waals surface area contributed by atoms with E-state index in [4.69, 9.17) is 27.6 Å². The molecule has 0 aliphatic rings. The molecule has 7 aromatic carbocycles. The van der Waals surface area contributed by atoms with Crippen molar-refractivity contribution in [1.29, 1.82) is 0 Å². The molecule has 0 saturated carbocycles. The van der Waals surface area contributed by atoms with Crippen molar-refractivity contribution in [3.63, 3.8) is 0 Å². The second-order valence-electron chi connectivity index (χ2n) is 11.2. The summed E-state index contributed by atoms with van der Waals surface area (Å²) in [4.78, 5) is 15.1. The molecule has 10 aromatic rings. The van der Waals surface area contributed by atoms with E-state index < -0.39 is 0 Å². The number of fused-ring (bicyclic) bond motifs is 9. The van der Waals surface area contributed by atoms with Gasteiger partial charge in [0.1, 0.15) is 11.2 Å². The van der Waals surface area contributed by atoms with E-state index in [1.54, 1.807) is 0 Å². The van der Waals surface area contributed by atoms with Crippen molar-refractivity contribution in [3.8, 4) is 28.7 Å². The third-order valence-electron chi connectivity index (χ3n) is 8.60. The lowest BCUT2D eigenvalue weighted by atomic mass is 9.97. The normalized spacial score (nSPS) is 13.7. The van der Waals surface area contributed by atoms with Crippen LogP contribution < -0.4 is 0 Å². The topological polar surface area (TPSA) is 56.7 Å². The lowest BCUT2D eigenvalue weighted by molar-refractivity contribution is 0.669. The zero-order chi connectivity index (χ0) is 35.4. The van der Waals surface area contributed by atoms with Gasteiger partial charge in [0.15, 0.2) is 11.6 Å². The summed E-state index contributed by atoms with van der Waals surface area (Å²) in [6.45, 7) is 0. The van der Waals surface area contributed by atoms with Crippen LogP contribution in [0.1, 0.15) is 8.22 Å². The number of benzene rings is 7. The van der Waals surface area contributed by atoms with E-state index in [-0.39, 0.29) is 64.0 Å². The first-order valence-corrected chi connectivity index (χ1v) is 14.9. The highest BCUT2D eigenvalue weighted by Gasteiger charge is 2.20. The van der Waals surface area contributed by atoms with Crippen molar-refractivity contribution in [2.75, 3.05) is 0 Å². The van der Waals surface area contributed by atoms with Crippen LogP contribution in [0.2, 0.25) is 0 Å². The molecule has 3 aromatic heterocycles. The molecule has 5 nitrogen and oxygen atoms in total. The van der Waals surface area contributed by atoms with Crippen LogP contribution in [0.25, 0.3) is 94.0 Å². The summed E-state index contributed by atoms with van der Waals surface area (Å²) in [5.41, 5.74) is 3.13. The van der Waals surface area contributed by atoms with E-state index in [1.807, 2.05) is 84.9 Å². The highest BCUT2D eigenvalue weighted by atomic mass is 16.3. The molecule has 0 radical (unpaired) electrons. The van der Waals surface area contributed by atoms with E-state index in [9.17, 15) is 0 Å². The van der Waals surface area contributed by atoms with Gasteiger partial charge in [-0.25, -0.2) is 4.98 Å². The van der Waals surface area contributed by atoms with Crippen LogP contribution in [0.3, 0.4) is 0 Å².